The molecule has 0 bridgehead atoms. The van der Waals surface area contributed by atoms with Gasteiger partial charge in [-0.15, -0.1) is 0 Å². The second kappa shape index (κ2) is 9.85. The number of amides is 1. The van der Waals surface area contributed by atoms with Gasteiger partial charge in [-0.3, -0.25) is 9.59 Å². The van der Waals surface area contributed by atoms with Gasteiger partial charge >= 0.3 is 5.97 Å². The topological polar surface area (TPSA) is 74.3 Å². The van der Waals surface area contributed by atoms with E-state index in [0.29, 0.717) is 34.8 Å². The Hall–Kier alpha value is -2.44. The number of rotatable bonds is 7. The van der Waals surface area contributed by atoms with Gasteiger partial charge in [0.2, 0.25) is 5.75 Å². The van der Waals surface area contributed by atoms with Crippen molar-refractivity contribution in [3.8, 4) is 17.2 Å². The van der Waals surface area contributed by atoms with Crippen LogP contribution in [0, 0.1) is 5.92 Å². The van der Waals surface area contributed by atoms with Crippen LogP contribution in [0.3, 0.4) is 0 Å². The quantitative estimate of drug-likeness (QED) is 0.650. The Kier molecular flexibility index (Phi) is 7.23. The number of carbonyl (C=O) groups is 2. The summed E-state index contributed by atoms with van der Waals surface area (Å²) >= 11 is 0. The highest BCUT2D eigenvalue weighted by atomic mass is 16.5. The first-order valence-corrected chi connectivity index (χ1v) is 10.3. The van der Waals surface area contributed by atoms with Gasteiger partial charge in [0.05, 0.1) is 27.8 Å². The van der Waals surface area contributed by atoms with Crippen molar-refractivity contribution in [1.82, 2.24) is 4.90 Å². The van der Waals surface area contributed by atoms with Crippen LogP contribution in [-0.2, 0) is 20.7 Å². The van der Waals surface area contributed by atoms with E-state index in [4.69, 9.17) is 18.9 Å². The van der Waals surface area contributed by atoms with Crippen LogP contribution in [0.4, 0.5) is 0 Å². The molecule has 2 fully saturated rings. The smallest absolute Gasteiger partial charge is 0.310 e. The maximum absolute atomic E-state index is 12.7. The monoisotopic (exact) mass is 405 g/mol. The molecule has 7 heteroatoms. The van der Waals surface area contributed by atoms with Gasteiger partial charge in [0.15, 0.2) is 18.1 Å². The molecule has 7 nitrogen and oxygen atoms in total. The zero-order chi connectivity index (χ0) is 20.8. The molecule has 0 aromatic heterocycles. The number of piperidine rings is 1. The number of nitrogens with zero attached hydrogens (tertiary/aromatic N) is 1. The minimum atomic E-state index is -0.454. The maximum Gasteiger partial charge on any atom is 0.310 e. The fourth-order valence-electron chi connectivity index (χ4n) is 4.61. The van der Waals surface area contributed by atoms with E-state index in [1.165, 1.54) is 47.0 Å². The maximum atomic E-state index is 12.7. The van der Waals surface area contributed by atoms with Crippen molar-refractivity contribution < 1.29 is 28.5 Å². The van der Waals surface area contributed by atoms with Crippen molar-refractivity contribution in [1.29, 1.82) is 0 Å². The first-order chi connectivity index (χ1) is 14.1. The van der Waals surface area contributed by atoms with Crippen molar-refractivity contribution in [2.75, 3.05) is 34.5 Å². The lowest BCUT2D eigenvalue weighted by Gasteiger charge is -2.44. The molecule has 1 aliphatic heterocycles. The number of ether oxygens (including phenoxy) is 4. The second-order valence-corrected chi connectivity index (χ2v) is 7.71. The van der Waals surface area contributed by atoms with Crippen LogP contribution in [0.5, 0.6) is 17.2 Å². The number of fused-ring (bicyclic) bond motifs is 1. The number of hydrogen-bond donors (Lipinski definition) is 0. The third-order valence-electron chi connectivity index (χ3n) is 5.99. The van der Waals surface area contributed by atoms with Crippen LogP contribution in [0.1, 0.15) is 44.1 Å². The van der Waals surface area contributed by atoms with Crippen molar-refractivity contribution in [3.63, 3.8) is 0 Å². The summed E-state index contributed by atoms with van der Waals surface area (Å²) in [7, 11) is 4.57. The summed E-state index contributed by atoms with van der Waals surface area (Å²) in [5.74, 6) is 1.49. The lowest BCUT2D eigenvalue weighted by atomic mass is 9.78. The van der Waals surface area contributed by atoms with Gasteiger partial charge in [-0.25, -0.2) is 0 Å². The molecule has 29 heavy (non-hydrogen) atoms. The van der Waals surface area contributed by atoms with Gasteiger partial charge in [0.1, 0.15) is 0 Å². The lowest BCUT2D eigenvalue weighted by Crippen LogP contribution is -2.50. The van der Waals surface area contributed by atoms with Gasteiger partial charge in [0.25, 0.3) is 5.91 Å². The number of benzene rings is 1. The zero-order valence-corrected chi connectivity index (χ0v) is 17.6. The molecule has 1 aromatic carbocycles. The van der Waals surface area contributed by atoms with E-state index in [2.05, 4.69) is 0 Å². The Bertz CT molecular complexity index is 707. The fraction of sp³-hybridized carbons (Fsp3) is 0.636. The Balaban J connectivity index is 1.57. The SMILES string of the molecule is COc1cc(CC(=O)OCC(=O)N2CCC[C@H]3CCCC[C@H]32)cc(OC)c1OC. The van der Waals surface area contributed by atoms with E-state index in [1.54, 1.807) is 12.1 Å². The Labute approximate surface area is 172 Å². The van der Waals surface area contributed by atoms with E-state index in [-0.39, 0.29) is 18.9 Å². The molecule has 3 rings (SSSR count). The highest BCUT2D eigenvalue weighted by Gasteiger charge is 2.35. The molecule has 1 heterocycles. The molecular weight excluding hydrogens is 374 g/mol. The minimum Gasteiger partial charge on any atom is -0.493 e. The highest BCUT2D eigenvalue weighted by Crippen LogP contribution is 2.38. The molecule has 0 unspecified atom stereocenters. The van der Waals surface area contributed by atoms with Gasteiger partial charge in [-0.1, -0.05) is 12.8 Å². The molecule has 0 spiro atoms. The number of hydrogen-bond acceptors (Lipinski definition) is 6. The van der Waals surface area contributed by atoms with Crippen LogP contribution in [0.2, 0.25) is 0 Å². The average molecular weight is 405 g/mol. The van der Waals surface area contributed by atoms with Gasteiger partial charge < -0.3 is 23.8 Å². The standard InChI is InChI=1S/C22H31NO6/c1-26-18-11-15(12-19(27-2)22(18)28-3)13-21(25)29-14-20(24)23-10-6-8-16-7-4-5-9-17(16)23/h11-12,16-17H,4-10,13-14H2,1-3H3/t16-,17-/m1/s1. The lowest BCUT2D eigenvalue weighted by molar-refractivity contribution is -0.154. The Morgan fingerprint density at radius 2 is 1.62 bits per heavy atom. The Morgan fingerprint density at radius 1 is 0.966 bits per heavy atom. The van der Waals surface area contributed by atoms with E-state index >= 15 is 0 Å². The van der Waals surface area contributed by atoms with Crippen LogP contribution in [-0.4, -0.2) is 57.3 Å². The third kappa shape index (κ3) is 4.95. The normalized spacial score (nSPS) is 21.1. The van der Waals surface area contributed by atoms with Crippen LogP contribution < -0.4 is 14.2 Å². The zero-order valence-electron chi connectivity index (χ0n) is 17.6. The van der Waals surface area contributed by atoms with E-state index < -0.39 is 5.97 Å². The predicted molar refractivity (Wildman–Crippen MR) is 107 cm³/mol. The van der Waals surface area contributed by atoms with Crippen LogP contribution in [0.25, 0.3) is 0 Å². The minimum absolute atomic E-state index is 0.0239. The highest BCUT2D eigenvalue weighted by molar-refractivity contribution is 5.82. The Morgan fingerprint density at radius 3 is 2.28 bits per heavy atom. The number of carbonyl (C=O) groups excluding carboxylic acids is 2. The summed E-state index contributed by atoms with van der Waals surface area (Å²) in [4.78, 5) is 27.0. The summed E-state index contributed by atoms with van der Waals surface area (Å²) in [6.07, 6.45) is 6.96. The molecule has 0 radical (unpaired) electrons. The van der Waals surface area contributed by atoms with E-state index in [1.807, 2.05) is 4.90 Å². The van der Waals surface area contributed by atoms with Crippen LogP contribution >= 0.6 is 0 Å². The first-order valence-electron chi connectivity index (χ1n) is 10.3. The summed E-state index contributed by atoms with van der Waals surface area (Å²) in [5.41, 5.74) is 0.669. The summed E-state index contributed by atoms with van der Waals surface area (Å²) in [6, 6.07) is 3.74. The third-order valence-corrected chi connectivity index (χ3v) is 5.99. The van der Waals surface area contributed by atoms with Crippen molar-refractivity contribution >= 4 is 11.9 Å². The van der Waals surface area contributed by atoms with Crippen LogP contribution in [0.15, 0.2) is 12.1 Å². The molecule has 0 N–H and O–H groups in total. The predicted octanol–water partition coefficient (Wildman–Crippen LogP) is 2.98. The van der Waals surface area contributed by atoms with Gasteiger partial charge in [-0.05, 0) is 49.3 Å². The summed E-state index contributed by atoms with van der Waals surface area (Å²) in [5, 5.41) is 0. The van der Waals surface area contributed by atoms with Crippen molar-refractivity contribution in [3.05, 3.63) is 17.7 Å². The average Bonchev–Trinajstić information content (AvgIpc) is 2.76. The van der Waals surface area contributed by atoms with E-state index in [0.717, 1.165) is 19.4 Å². The number of esters is 1. The molecule has 160 valence electrons. The number of likely N-dealkylation sites (tertiary alicyclic amines) is 1. The molecule has 1 aliphatic carbocycles. The molecule has 1 amide bonds. The molecule has 1 saturated heterocycles. The molecule has 1 aromatic rings. The summed E-state index contributed by atoms with van der Waals surface area (Å²) < 4.78 is 21.2. The molecule has 2 atom stereocenters. The van der Waals surface area contributed by atoms with Crippen molar-refractivity contribution in [2.45, 2.75) is 51.0 Å². The first kappa shape index (κ1) is 21.3. The molecule has 1 saturated carbocycles. The van der Waals surface area contributed by atoms with Crippen molar-refractivity contribution in [2.24, 2.45) is 5.92 Å². The fourth-order valence-corrected chi connectivity index (χ4v) is 4.61. The van der Waals surface area contributed by atoms with Gasteiger partial charge in [0, 0.05) is 12.6 Å². The molecule has 2 aliphatic rings. The molecular formula is C22H31NO6. The second-order valence-electron chi connectivity index (χ2n) is 7.71. The number of methoxy groups -OCH3 is 3. The summed E-state index contributed by atoms with van der Waals surface area (Å²) in [6.45, 7) is 0.566. The van der Waals surface area contributed by atoms with E-state index in [9.17, 15) is 9.59 Å². The van der Waals surface area contributed by atoms with Gasteiger partial charge in [-0.2, -0.15) is 0 Å². The largest absolute Gasteiger partial charge is 0.493 e.